The zero-order valence-corrected chi connectivity index (χ0v) is 14.8. The van der Waals surface area contributed by atoms with Crippen molar-refractivity contribution < 1.29 is 14.3 Å². The van der Waals surface area contributed by atoms with Gasteiger partial charge in [-0.25, -0.2) is 9.18 Å². The minimum atomic E-state index is -0.223. The zero-order valence-electron chi connectivity index (χ0n) is 14.8. The van der Waals surface area contributed by atoms with Crippen LogP contribution in [0, 0.1) is 17.2 Å². The molecular weight excluding hydrogens is 321 g/mol. The second-order valence-electron chi connectivity index (χ2n) is 7.69. The number of halogens is 1. The Morgan fingerprint density at radius 3 is 2.84 bits per heavy atom. The summed E-state index contributed by atoms with van der Waals surface area (Å²) in [5.74, 6) is 0.170. The van der Waals surface area contributed by atoms with Crippen LogP contribution in [0.15, 0.2) is 24.3 Å². The second-order valence-corrected chi connectivity index (χ2v) is 7.69. The Morgan fingerprint density at radius 2 is 2.12 bits per heavy atom. The fraction of sp³-hybridized carbons (Fsp3) is 0.632. The summed E-state index contributed by atoms with van der Waals surface area (Å²) in [4.78, 5) is 14.4. The highest BCUT2D eigenvalue weighted by Gasteiger charge is 2.39. The van der Waals surface area contributed by atoms with Crippen molar-refractivity contribution >= 4 is 11.7 Å². The molecule has 3 atom stereocenters. The zero-order chi connectivity index (χ0) is 17.9. The monoisotopic (exact) mass is 349 g/mol. The van der Waals surface area contributed by atoms with E-state index in [0.717, 1.165) is 44.5 Å². The molecule has 6 heteroatoms. The number of hydrogen-bond acceptors (Lipinski definition) is 3. The number of nitrogens with one attached hydrogen (secondary N) is 2. The third kappa shape index (κ3) is 4.24. The highest BCUT2D eigenvalue weighted by atomic mass is 19.1. The van der Waals surface area contributed by atoms with Crippen molar-refractivity contribution in [2.75, 3.05) is 31.1 Å². The minimum Gasteiger partial charge on any atom is -0.396 e. The maximum Gasteiger partial charge on any atom is 0.315 e. The topological polar surface area (TPSA) is 64.6 Å². The standard InChI is InChI=1S/C19H28FN3O2/c1-19(13-24)9-2-3-17(19)22-18(25)21-11-14-8-10-23(12-14)16-6-4-15(20)5-7-16/h4-7,14,17,24H,2-3,8-13H2,1H3,(H2,21,22,25). The maximum absolute atomic E-state index is 13.0. The molecular formula is C19H28FN3O2. The van der Waals surface area contributed by atoms with Gasteiger partial charge in [0.2, 0.25) is 0 Å². The number of amides is 2. The Kier molecular flexibility index (Phi) is 5.47. The van der Waals surface area contributed by atoms with E-state index in [1.165, 1.54) is 12.1 Å². The van der Waals surface area contributed by atoms with Gasteiger partial charge in [0.25, 0.3) is 0 Å². The normalized spacial score (nSPS) is 29.0. The summed E-state index contributed by atoms with van der Waals surface area (Å²) in [5.41, 5.74) is 0.822. The van der Waals surface area contributed by atoms with Gasteiger partial charge in [0.1, 0.15) is 5.82 Å². The Balaban J connectivity index is 1.43. The van der Waals surface area contributed by atoms with Crippen LogP contribution in [0.2, 0.25) is 0 Å². The number of hydrogen-bond donors (Lipinski definition) is 3. The molecule has 3 rings (SSSR count). The van der Waals surface area contributed by atoms with Crippen molar-refractivity contribution in [3.8, 4) is 0 Å². The molecule has 25 heavy (non-hydrogen) atoms. The molecule has 5 nitrogen and oxygen atoms in total. The summed E-state index contributed by atoms with van der Waals surface area (Å²) < 4.78 is 13.0. The molecule has 138 valence electrons. The molecule has 1 aliphatic carbocycles. The first kappa shape index (κ1) is 18.0. The van der Waals surface area contributed by atoms with Crippen LogP contribution in [0.1, 0.15) is 32.6 Å². The lowest BCUT2D eigenvalue weighted by Gasteiger charge is -2.30. The van der Waals surface area contributed by atoms with Crippen LogP contribution in [-0.4, -0.2) is 43.4 Å². The molecule has 0 radical (unpaired) electrons. The lowest BCUT2D eigenvalue weighted by atomic mass is 9.86. The van der Waals surface area contributed by atoms with E-state index in [0.29, 0.717) is 12.5 Å². The molecule has 1 heterocycles. The van der Waals surface area contributed by atoms with Gasteiger partial charge in [-0.05, 0) is 49.4 Å². The van der Waals surface area contributed by atoms with E-state index in [-0.39, 0.29) is 29.9 Å². The Morgan fingerprint density at radius 1 is 1.36 bits per heavy atom. The van der Waals surface area contributed by atoms with Gasteiger partial charge >= 0.3 is 6.03 Å². The average Bonchev–Trinajstić information content (AvgIpc) is 3.22. The van der Waals surface area contributed by atoms with Crippen molar-refractivity contribution in [3.63, 3.8) is 0 Å². The van der Waals surface area contributed by atoms with Gasteiger partial charge in [0, 0.05) is 36.8 Å². The summed E-state index contributed by atoms with van der Waals surface area (Å²) in [6.07, 6.45) is 3.92. The van der Waals surface area contributed by atoms with Gasteiger partial charge in [-0.3, -0.25) is 0 Å². The van der Waals surface area contributed by atoms with Crippen molar-refractivity contribution in [1.82, 2.24) is 10.6 Å². The summed E-state index contributed by atoms with van der Waals surface area (Å²) in [6, 6.07) is 6.45. The van der Waals surface area contributed by atoms with Gasteiger partial charge in [0.05, 0.1) is 6.61 Å². The molecule has 1 saturated heterocycles. The van der Waals surface area contributed by atoms with Crippen molar-refractivity contribution in [3.05, 3.63) is 30.1 Å². The first-order valence-electron chi connectivity index (χ1n) is 9.16. The molecule has 2 amide bonds. The van der Waals surface area contributed by atoms with Crippen molar-refractivity contribution in [2.24, 2.45) is 11.3 Å². The molecule has 0 bridgehead atoms. The molecule has 1 aromatic rings. The van der Waals surface area contributed by atoms with E-state index in [9.17, 15) is 14.3 Å². The van der Waals surface area contributed by atoms with E-state index in [1.54, 1.807) is 12.1 Å². The lowest BCUT2D eigenvalue weighted by Crippen LogP contribution is -2.49. The predicted molar refractivity (Wildman–Crippen MR) is 96.1 cm³/mol. The third-order valence-electron chi connectivity index (χ3n) is 5.78. The Hall–Kier alpha value is -1.82. The predicted octanol–water partition coefficient (Wildman–Crippen LogP) is 2.50. The van der Waals surface area contributed by atoms with Crippen LogP contribution in [0.25, 0.3) is 0 Å². The number of carbonyl (C=O) groups excluding carboxylic acids is 1. The number of aliphatic hydroxyl groups excluding tert-OH is 1. The summed E-state index contributed by atoms with van der Waals surface area (Å²) in [5, 5.41) is 15.6. The molecule has 2 aliphatic rings. The van der Waals surface area contributed by atoms with Crippen LogP contribution in [0.3, 0.4) is 0 Å². The first-order chi connectivity index (χ1) is 12.0. The van der Waals surface area contributed by atoms with E-state index < -0.39 is 0 Å². The fourth-order valence-electron chi connectivity index (χ4n) is 4.00. The molecule has 3 unspecified atom stereocenters. The van der Waals surface area contributed by atoms with E-state index >= 15 is 0 Å². The molecule has 3 N–H and O–H groups in total. The highest BCUT2D eigenvalue weighted by molar-refractivity contribution is 5.74. The number of aliphatic hydroxyl groups is 1. The number of nitrogens with zero attached hydrogens (tertiary/aromatic N) is 1. The Labute approximate surface area is 148 Å². The second kappa shape index (κ2) is 7.60. The molecule has 1 aliphatic heterocycles. The van der Waals surface area contributed by atoms with Crippen molar-refractivity contribution in [2.45, 2.75) is 38.6 Å². The van der Waals surface area contributed by atoms with Gasteiger partial charge in [0.15, 0.2) is 0 Å². The van der Waals surface area contributed by atoms with Gasteiger partial charge in [-0.15, -0.1) is 0 Å². The smallest absolute Gasteiger partial charge is 0.315 e. The van der Waals surface area contributed by atoms with Crippen LogP contribution in [0.4, 0.5) is 14.9 Å². The molecule has 0 aromatic heterocycles. The fourth-order valence-corrected chi connectivity index (χ4v) is 4.00. The van der Waals surface area contributed by atoms with Crippen LogP contribution in [-0.2, 0) is 0 Å². The van der Waals surface area contributed by atoms with Crippen molar-refractivity contribution in [1.29, 1.82) is 0 Å². The first-order valence-corrected chi connectivity index (χ1v) is 9.16. The highest BCUT2D eigenvalue weighted by Crippen LogP contribution is 2.37. The largest absolute Gasteiger partial charge is 0.396 e. The molecule has 1 aromatic carbocycles. The quantitative estimate of drug-likeness (QED) is 0.765. The number of anilines is 1. The van der Waals surface area contributed by atoms with E-state index in [4.69, 9.17) is 0 Å². The average molecular weight is 349 g/mol. The molecule has 1 saturated carbocycles. The summed E-state index contributed by atoms with van der Waals surface area (Å²) in [6.45, 7) is 4.55. The minimum absolute atomic E-state index is 0.0387. The van der Waals surface area contributed by atoms with Gasteiger partial charge in [-0.1, -0.05) is 13.3 Å². The SMILES string of the molecule is CC1(CO)CCCC1NC(=O)NCC1CCN(c2ccc(F)cc2)C1. The third-order valence-corrected chi connectivity index (χ3v) is 5.78. The van der Waals surface area contributed by atoms with Gasteiger partial charge < -0.3 is 20.6 Å². The summed E-state index contributed by atoms with van der Waals surface area (Å²) >= 11 is 0. The molecule has 2 fully saturated rings. The van der Waals surface area contributed by atoms with E-state index in [2.05, 4.69) is 15.5 Å². The lowest BCUT2D eigenvalue weighted by molar-refractivity contribution is 0.121. The number of rotatable bonds is 5. The van der Waals surface area contributed by atoms with Crippen LogP contribution in [0.5, 0.6) is 0 Å². The number of carbonyl (C=O) groups is 1. The molecule has 0 spiro atoms. The summed E-state index contributed by atoms with van der Waals surface area (Å²) in [7, 11) is 0. The van der Waals surface area contributed by atoms with Crippen LogP contribution < -0.4 is 15.5 Å². The van der Waals surface area contributed by atoms with E-state index in [1.807, 2.05) is 6.92 Å². The number of benzene rings is 1. The van der Waals surface area contributed by atoms with Crippen LogP contribution >= 0.6 is 0 Å². The number of urea groups is 1. The van der Waals surface area contributed by atoms with Gasteiger partial charge in [-0.2, -0.15) is 0 Å². The maximum atomic E-state index is 13.0. The Bertz CT molecular complexity index is 595.